The first-order valence-electron chi connectivity index (χ1n) is 4.83. The number of allylic oxidation sites excluding steroid dienone is 2. The highest BCUT2D eigenvalue weighted by molar-refractivity contribution is 8.03. The lowest BCUT2D eigenvalue weighted by atomic mass is 10.1. The van der Waals surface area contributed by atoms with Crippen molar-refractivity contribution >= 4 is 11.8 Å². The minimum Gasteiger partial charge on any atom is -0.166 e. The van der Waals surface area contributed by atoms with Gasteiger partial charge in [-0.05, 0) is 49.4 Å². The Balaban J connectivity index is 3.01. The molecule has 0 heterocycles. The molecule has 0 saturated carbocycles. The largest absolute Gasteiger partial charge is 0.416 e. The second-order valence-electron chi connectivity index (χ2n) is 3.48. The first-order chi connectivity index (χ1) is 7.34. The molecule has 0 aliphatic heterocycles. The zero-order valence-corrected chi connectivity index (χ0v) is 10.2. The molecular weight excluding hydrogens is 233 g/mol. The van der Waals surface area contributed by atoms with Crippen LogP contribution in [0.4, 0.5) is 13.2 Å². The number of hydrogen-bond donors (Lipinski definition) is 0. The smallest absolute Gasteiger partial charge is 0.166 e. The molecule has 1 aromatic rings. The van der Waals surface area contributed by atoms with Gasteiger partial charge in [0.15, 0.2) is 0 Å². The third kappa shape index (κ3) is 3.30. The van der Waals surface area contributed by atoms with Crippen molar-refractivity contribution in [3.63, 3.8) is 0 Å². The normalized spacial score (nSPS) is 13.0. The highest BCUT2D eigenvalue weighted by Crippen LogP contribution is 2.34. The monoisotopic (exact) mass is 246 g/mol. The second-order valence-corrected chi connectivity index (χ2v) is 4.77. The van der Waals surface area contributed by atoms with Crippen LogP contribution in [0.5, 0.6) is 0 Å². The van der Waals surface area contributed by atoms with E-state index < -0.39 is 11.7 Å². The van der Waals surface area contributed by atoms with E-state index in [0.717, 1.165) is 15.9 Å². The molecule has 0 amide bonds. The van der Waals surface area contributed by atoms with Crippen LogP contribution in [0.25, 0.3) is 0 Å². The maximum absolute atomic E-state index is 12.4. The highest BCUT2D eigenvalue weighted by Gasteiger charge is 2.30. The summed E-state index contributed by atoms with van der Waals surface area (Å²) in [6, 6.07) is 3.83. The molecule has 1 rings (SSSR count). The lowest BCUT2D eigenvalue weighted by Crippen LogP contribution is -2.05. The molecule has 0 radical (unpaired) electrons. The lowest BCUT2D eigenvalue weighted by Gasteiger charge is -2.10. The van der Waals surface area contributed by atoms with Crippen LogP contribution < -0.4 is 0 Å². The molecule has 0 spiro atoms. The van der Waals surface area contributed by atoms with E-state index in [4.69, 9.17) is 0 Å². The summed E-state index contributed by atoms with van der Waals surface area (Å²) in [5, 5.41) is 0. The van der Waals surface area contributed by atoms with Crippen LogP contribution in [0.15, 0.2) is 34.1 Å². The quantitative estimate of drug-likeness (QED) is 0.659. The molecule has 0 fully saturated rings. The predicted octanol–water partition coefficient (Wildman–Crippen LogP) is 5.03. The molecule has 4 heteroatoms. The zero-order valence-electron chi connectivity index (χ0n) is 9.35. The van der Waals surface area contributed by atoms with Gasteiger partial charge < -0.3 is 0 Å². The Kier molecular flexibility index (Phi) is 4.08. The van der Waals surface area contributed by atoms with E-state index in [0.29, 0.717) is 5.56 Å². The fourth-order valence-corrected chi connectivity index (χ4v) is 1.99. The lowest BCUT2D eigenvalue weighted by molar-refractivity contribution is -0.137. The van der Waals surface area contributed by atoms with Crippen LogP contribution in [-0.2, 0) is 6.18 Å². The van der Waals surface area contributed by atoms with Gasteiger partial charge in [0.05, 0.1) is 5.56 Å². The van der Waals surface area contributed by atoms with Gasteiger partial charge in [-0.15, -0.1) is 0 Å². The summed E-state index contributed by atoms with van der Waals surface area (Å²) in [5.74, 6) is 0. The van der Waals surface area contributed by atoms with Gasteiger partial charge in [-0.2, -0.15) is 13.2 Å². The summed E-state index contributed by atoms with van der Waals surface area (Å²) in [6.45, 7) is 5.53. The topological polar surface area (TPSA) is 0 Å². The van der Waals surface area contributed by atoms with E-state index in [1.807, 2.05) is 19.9 Å². The number of halogens is 3. The van der Waals surface area contributed by atoms with E-state index in [9.17, 15) is 13.2 Å². The van der Waals surface area contributed by atoms with Crippen LogP contribution in [0.3, 0.4) is 0 Å². The Labute approximate surface area is 97.6 Å². The van der Waals surface area contributed by atoms with E-state index >= 15 is 0 Å². The van der Waals surface area contributed by atoms with Crippen molar-refractivity contribution in [2.24, 2.45) is 0 Å². The van der Waals surface area contributed by atoms with Gasteiger partial charge in [-0.1, -0.05) is 17.8 Å². The molecule has 0 aliphatic carbocycles. The maximum Gasteiger partial charge on any atom is 0.416 e. The van der Waals surface area contributed by atoms with E-state index in [-0.39, 0.29) is 0 Å². The fraction of sp³-hybridized carbons (Fsp3) is 0.333. The number of hydrogen-bond acceptors (Lipinski definition) is 1. The molecule has 88 valence electrons. The molecule has 0 nitrogen and oxygen atoms in total. The average molecular weight is 246 g/mol. The van der Waals surface area contributed by atoms with E-state index in [1.165, 1.54) is 23.9 Å². The predicted molar refractivity (Wildman–Crippen MR) is 61.5 cm³/mol. The van der Waals surface area contributed by atoms with Crippen molar-refractivity contribution in [2.75, 3.05) is 0 Å². The van der Waals surface area contributed by atoms with Gasteiger partial charge in [0.1, 0.15) is 0 Å². The molecule has 0 bridgehead atoms. The molecule has 0 atom stereocenters. The van der Waals surface area contributed by atoms with Crippen molar-refractivity contribution in [1.29, 1.82) is 0 Å². The van der Waals surface area contributed by atoms with Gasteiger partial charge >= 0.3 is 6.18 Å². The van der Waals surface area contributed by atoms with Gasteiger partial charge in [-0.25, -0.2) is 0 Å². The highest BCUT2D eigenvalue weighted by atomic mass is 32.2. The number of rotatable bonds is 2. The van der Waals surface area contributed by atoms with Crippen LogP contribution in [0.2, 0.25) is 0 Å². The van der Waals surface area contributed by atoms with Crippen LogP contribution in [0.1, 0.15) is 25.0 Å². The first kappa shape index (κ1) is 13.2. The molecule has 0 saturated heterocycles. The van der Waals surface area contributed by atoms with E-state index in [1.54, 1.807) is 6.92 Å². The average Bonchev–Trinajstić information content (AvgIpc) is 2.19. The number of thioether (sulfide) groups is 1. The minimum atomic E-state index is -4.26. The number of benzene rings is 1. The zero-order chi connectivity index (χ0) is 12.3. The third-order valence-corrected chi connectivity index (χ3v) is 3.42. The Hall–Kier alpha value is -0.900. The Morgan fingerprint density at radius 3 is 2.38 bits per heavy atom. The van der Waals surface area contributed by atoms with Gasteiger partial charge in [0.25, 0.3) is 0 Å². The molecule has 0 unspecified atom stereocenters. The summed E-state index contributed by atoms with van der Waals surface area (Å²) < 4.78 is 37.2. The van der Waals surface area contributed by atoms with Crippen molar-refractivity contribution in [2.45, 2.75) is 31.8 Å². The number of aryl methyl sites for hydroxylation is 1. The van der Waals surface area contributed by atoms with Gasteiger partial charge in [0.2, 0.25) is 0 Å². The molecule has 0 aromatic heterocycles. The molecule has 0 N–H and O–H groups in total. The van der Waals surface area contributed by atoms with Gasteiger partial charge in [-0.3, -0.25) is 0 Å². The first-order valence-corrected chi connectivity index (χ1v) is 5.65. The van der Waals surface area contributed by atoms with E-state index in [2.05, 4.69) is 0 Å². The van der Waals surface area contributed by atoms with Crippen LogP contribution in [-0.4, -0.2) is 0 Å². The number of alkyl halides is 3. The molecule has 1 aromatic carbocycles. The minimum absolute atomic E-state index is 0.590. The molecular formula is C12H13F3S. The maximum atomic E-state index is 12.4. The van der Waals surface area contributed by atoms with Crippen LogP contribution in [0, 0.1) is 6.92 Å². The summed E-state index contributed by atoms with van der Waals surface area (Å²) in [5.41, 5.74) is 0.0634. The summed E-state index contributed by atoms with van der Waals surface area (Å²) in [4.78, 5) is 1.94. The Morgan fingerprint density at radius 1 is 1.31 bits per heavy atom. The second kappa shape index (κ2) is 4.95. The van der Waals surface area contributed by atoms with Crippen molar-refractivity contribution in [3.05, 3.63) is 40.3 Å². The molecule has 0 aliphatic rings. The van der Waals surface area contributed by atoms with Crippen molar-refractivity contribution in [3.8, 4) is 0 Å². The Morgan fingerprint density at radius 2 is 1.94 bits per heavy atom. The summed E-state index contributed by atoms with van der Waals surface area (Å²) in [6.07, 6.45) is -2.33. The standard InChI is InChI=1S/C12H13F3S/c1-4-9(3)16-11-6-5-10(7-8(11)2)12(13,14)15/h4-7H,1-3H3/b9-4-. The fourth-order valence-electron chi connectivity index (χ4n) is 1.17. The third-order valence-electron chi connectivity index (χ3n) is 2.18. The van der Waals surface area contributed by atoms with Crippen molar-refractivity contribution in [1.82, 2.24) is 0 Å². The van der Waals surface area contributed by atoms with Gasteiger partial charge in [0, 0.05) is 4.90 Å². The molecule has 16 heavy (non-hydrogen) atoms. The van der Waals surface area contributed by atoms with Crippen LogP contribution >= 0.6 is 11.8 Å². The van der Waals surface area contributed by atoms with Crippen molar-refractivity contribution < 1.29 is 13.2 Å². The summed E-state index contributed by atoms with van der Waals surface area (Å²) in [7, 11) is 0. The summed E-state index contributed by atoms with van der Waals surface area (Å²) >= 11 is 1.48. The SMILES string of the molecule is C/C=C(/C)Sc1ccc(C(F)(F)F)cc1C. The Bertz CT molecular complexity index is 405.